The Morgan fingerprint density at radius 2 is 1.90 bits per heavy atom. The molecule has 3 nitrogen and oxygen atoms in total. The average molecular weight is 295 g/mol. The van der Waals surface area contributed by atoms with Crippen LogP contribution in [0.5, 0.6) is 0 Å². The number of hydrogen-bond acceptors (Lipinski definition) is 3. The van der Waals surface area contributed by atoms with Crippen molar-refractivity contribution in [2.75, 3.05) is 47.3 Å². The third-order valence-corrected chi connectivity index (χ3v) is 3.74. The number of rotatable bonds is 10. The average Bonchev–Trinajstić information content (AvgIpc) is 2.45. The topological polar surface area (TPSA) is 18.5 Å². The summed E-state index contributed by atoms with van der Waals surface area (Å²) in [4.78, 5) is 4.70. The van der Waals surface area contributed by atoms with Crippen LogP contribution >= 0.6 is 0 Å². The van der Waals surface area contributed by atoms with Crippen LogP contribution in [-0.2, 0) is 0 Å². The molecule has 0 fully saturated rings. The second kappa shape index (κ2) is 9.87. The van der Waals surface area contributed by atoms with Crippen LogP contribution in [-0.4, -0.2) is 57.1 Å². The fourth-order valence-corrected chi connectivity index (χ4v) is 2.51. The Morgan fingerprint density at radius 1 is 1.14 bits per heavy atom. The molecule has 1 atom stereocenters. The van der Waals surface area contributed by atoms with Crippen LogP contribution in [0.3, 0.4) is 0 Å². The molecule has 0 aliphatic rings. The SMILES string of the molecule is CCCN(CCC(NC)c1cccc(F)c1)CCN(C)C. The van der Waals surface area contributed by atoms with Gasteiger partial charge in [-0.05, 0) is 64.8 Å². The first-order valence-electron chi connectivity index (χ1n) is 7.86. The number of nitrogens with one attached hydrogen (secondary N) is 1. The van der Waals surface area contributed by atoms with E-state index in [9.17, 15) is 4.39 Å². The van der Waals surface area contributed by atoms with Crippen molar-refractivity contribution in [2.45, 2.75) is 25.8 Å². The molecular weight excluding hydrogens is 265 g/mol. The summed E-state index contributed by atoms with van der Waals surface area (Å²) < 4.78 is 13.3. The quantitative estimate of drug-likeness (QED) is 0.716. The summed E-state index contributed by atoms with van der Waals surface area (Å²) >= 11 is 0. The third kappa shape index (κ3) is 7.02. The summed E-state index contributed by atoms with van der Waals surface area (Å²) in [6.45, 7) is 6.52. The van der Waals surface area contributed by atoms with Crippen molar-refractivity contribution in [3.63, 3.8) is 0 Å². The van der Waals surface area contributed by atoms with Gasteiger partial charge in [-0.15, -0.1) is 0 Å². The van der Waals surface area contributed by atoms with Crippen LogP contribution in [0.2, 0.25) is 0 Å². The van der Waals surface area contributed by atoms with Crippen molar-refractivity contribution in [3.05, 3.63) is 35.6 Å². The Morgan fingerprint density at radius 3 is 2.48 bits per heavy atom. The Kier molecular flexibility index (Phi) is 8.50. The molecule has 0 heterocycles. The lowest BCUT2D eigenvalue weighted by Gasteiger charge is -2.26. The smallest absolute Gasteiger partial charge is 0.123 e. The molecule has 0 amide bonds. The van der Waals surface area contributed by atoms with Crippen molar-refractivity contribution in [3.8, 4) is 0 Å². The van der Waals surface area contributed by atoms with E-state index in [-0.39, 0.29) is 11.9 Å². The highest BCUT2D eigenvalue weighted by Gasteiger charge is 2.12. The van der Waals surface area contributed by atoms with Crippen molar-refractivity contribution in [1.29, 1.82) is 0 Å². The fraction of sp³-hybridized carbons (Fsp3) is 0.647. The number of benzene rings is 1. The molecule has 1 N–H and O–H groups in total. The lowest BCUT2D eigenvalue weighted by molar-refractivity contribution is 0.230. The van der Waals surface area contributed by atoms with Gasteiger partial charge >= 0.3 is 0 Å². The second-order valence-electron chi connectivity index (χ2n) is 5.83. The van der Waals surface area contributed by atoms with E-state index >= 15 is 0 Å². The van der Waals surface area contributed by atoms with Gasteiger partial charge in [-0.1, -0.05) is 19.1 Å². The van der Waals surface area contributed by atoms with Gasteiger partial charge in [0.25, 0.3) is 0 Å². The highest BCUT2D eigenvalue weighted by Crippen LogP contribution is 2.17. The molecule has 0 bridgehead atoms. The summed E-state index contributed by atoms with van der Waals surface area (Å²) in [5.74, 6) is -0.161. The predicted molar refractivity (Wildman–Crippen MR) is 88.1 cm³/mol. The van der Waals surface area contributed by atoms with Crippen LogP contribution in [0.4, 0.5) is 4.39 Å². The molecular formula is C17H30FN3. The van der Waals surface area contributed by atoms with E-state index in [0.717, 1.165) is 44.6 Å². The Labute approximate surface area is 129 Å². The van der Waals surface area contributed by atoms with Gasteiger partial charge in [-0.2, -0.15) is 0 Å². The fourth-order valence-electron chi connectivity index (χ4n) is 2.51. The van der Waals surface area contributed by atoms with Crippen molar-refractivity contribution >= 4 is 0 Å². The van der Waals surface area contributed by atoms with E-state index in [0.29, 0.717) is 0 Å². The van der Waals surface area contributed by atoms with Gasteiger partial charge in [0.2, 0.25) is 0 Å². The molecule has 0 aliphatic heterocycles. The number of halogens is 1. The molecule has 0 saturated heterocycles. The van der Waals surface area contributed by atoms with E-state index in [1.807, 2.05) is 13.1 Å². The lowest BCUT2D eigenvalue weighted by atomic mass is 10.0. The normalized spacial score (nSPS) is 13.1. The predicted octanol–water partition coefficient (Wildman–Crippen LogP) is 2.75. The molecule has 1 rings (SSSR count). The number of likely N-dealkylation sites (N-methyl/N-ethyl adjacent to an activating group) is 1. The highest BCUT2D eigenvalue weighted by atomic mass is 19.1. The minimum atomic E-state index is -0.161. The van der Waals surface area contributed by atoms with E-state index in [2.05, 4.69) is 36.1 Å². The highest BCUT2D eigenvalue weighted by molar-refractivity contribution is 5.20. The Hall–Kier alpha value is -0.970. The molecule has 21 heavy (non-hydrogen) atoms. The summed E-state index contributed by atoms with van der Waals surface area (Å²) in [5, 5.41) is 3.30. The van der Waals surface area contributed by atoms with E-state index in [1.54, 1.807) is 12.1 Å². The van der Waals surface area contributed by atoms with Gasteiger partial charge in [0, 0.05) is 19.1 Å². The van der Waals surface area contributed by atoms with E-state index in [1.165, 1.54) is 6.07 Å². The minimum Gasteiger partial charge on any atom is -0.313 e. The molecule has 4 heteroatoms. The molecule has 0 radical (unpaired) electrons. The van der Waals surface area contributed by atoms with Crippen LogP contribution in [0, 0.1) is 5.82 Å². The first kappa shape index (κ1) is 18.1. The standard InChI is InChI=1S/C17H30FN3/c1-5-10-21(13-12-20(3)4)11-9-17(19-2)15-7-6-8-16(18)14-15/h6-8,14,17,19H,5,9-13H2,1-4H3. The Bertz CT molecular complexity index is 395. The van der Waals surface area contributed by atoms with Gasteiger partial charge in [-0.3, -0.25) is 0 Å². The van der Waals surface area contributed by atoms with Crippen LogP contribution in [0.15, 0.2) is 24.3 Å². The largest absolute Gasteiger partial charge is 0.313 e. The van der Waals surface area contributed by atoms with Crippen LogP contribution in [0.25, 0.3) is 0 Å². The number of nitrogens with zero attached hydrogens (tertiary/aromatic N) is 2. The molecule has 1 aromatic rings. The molecule has 1 aromatic carbocycles. The zero-order valence-corrected chi connectivity index (χ0v) is 13.9. The first-order valence-corrected chi connectivity index (χ1v) is 7.86. The van der Waals surface area contributed by atoms with Gasteiger partial charge < -0.3 is 15.1 Å². The monoisotopic (exact) mass is 295 g/mol. The maximum Gasteiger partial charge on any atom is 0.123 e. The summed E-state index contributed by atoms with van der Waals surface area (Å²) in [5.41, 5.74) is 1.03. The second-order valence-corrected chi connectivity index (χ2v) is 5.83. The molecule has 0 spiro atoms. The molecule has 1 unspecified atom stereocenters. The van der Waals surface area contributed by atoms with E-state index in [4.69, 9.17) is 0 Å². The molecule has 0 aromatic heterocycles. The maximum atomic E-state index is 13.3. The summed E-state index contributed by atoms with van der Waals surface area (Å²) in [6.07, 6.45) is 2.16. The third-order valence-electron chi connectivity index (χ3n) is 3.74. The van der Waals surface area contributed by atoms with E-state index < -0.39 is 0 Å². The van der Waals surface area contributed by atoms with Crippen LogP contribution in [0.1, 0.15) is 31.4 Å². The lowest BCUT2D eigenvalue weighted by Crippen LogP contribution is -2.34. The zero-order valence-electron chi connectivity index (χ0n) is 13.9. The molecule has 0 saturated carbocycles. The van der Waals surface area contributed by atoms with Crippen molar-refractivity contribution < 1.29 is 4.39 Å². The van der Waals surface area contributed by atoms with Gasteiger partial charge in [0.1, 0.15) is 5.82 Å². The van der Waals surface area contributed by atoms with Gasteiger partial charge in [0.05, 0.1) is 0 Å². The minimum absolute atomic E-state index is 0.161. The molecule has 120 valence electrons. The molecule has 0 aliphatic carbocycles. The number of hydrogen-bond donors (Lipinski definition) is 1. The summed E-state index contributed by atoms with van der Waals surface area (Å²) in [7, 11) is 6.15. The van der Waals surface area contributed by atoms with Crippen LogP contribution < -0.4 is 5.32 Å². The van der Waals surface area contributed by atoms with Gasteiger partial charge in [0.15, 0.2) is 0 Å². The van der Waals surface area contributed by atoms with Crippen molar-refractivity contribution in [1.82, 2.24) is 15.1 Å². The van der Waals surface area contributed by atoms with Gasteiger partial charge in [-0.25, -0.2) is 4.39 Å². The first-order chi connectivity index (χ1) is 10.1. The maximum absolute atomic E-state index is 13.3. The Balaban J connectivity index is 2.54. The zero-order chi connectivity index (χ0) is 15.7. The van der Waals surface area contributed by atoms with Crippen molar-refractivity contribution in [2.24, 2.45) is 0 Å². The summed E-state index contributed by atoms with van der Waals surface area (Å²) in [6, 6.07) is 7.11.